The number of alkyl halides is 2. The van der Waals surface area contributed by atoms with E-state index >= 15 is 0 Å². The summed E-state index contributed by atoms with van der Waals surface area (Å²) in [7, 11) is 167. The molecule has 544 valence electrons. The predicted molar refractivity (Wildman–Crippen MR) is 389 cm³/mol. The molecule has 0 bridgehead atoms. The summed E-state index contributed by atoms with van der Waals surface area (Å²) in [6.07, 6.45) is 5.36. The fourth-order valence-corrected chi connectivity index (χ4v) is 0.917. The number of rotatable bonds is 3. The van der Waals surface area contributed by atoms with E-state index in [0.717, 1.165) is 12.8 Å². The van der Waals surface area contributed by atoms with Crippen LogP contribution in [-0.2, 0) is 83.3 Å². The number of nitrogens with zero attached hydrogens (tertiary/aromatic N) is 8. The summed E-state index contributed by atoms with van der Waals surface area (Å²) < 4.78 is 20.7. The second kappa shape index (κ2) is 66.1. The van der Waals surface area contributed by atoms with Gasteiger partial charge in [-0.15, -0.1) is 0 Å². The molecule has 0 heterocycles. The van der Waals surface area contributed by atoms with Gasteiger partial charge in [-0.3, -0.25) is 0 Å². The van der Waals surface area contributed by atoms with Gasteiger partial charge in [0.1, 0.15) is 0 Å². The van der Waals surface area contributed by atoms with Gasteiger partial charge in [-0.2, -0.15) is 42.1 Å². The molecule has 1 unspecified atom stereocenters. The number of halogens is 42. The third kappa shape index (κ3) is 1050. The number of hydrogen-bond acceptors (Lipinski definition) is 8. The van der Waals surface area contributed by atoms with Crippen molar-refractivity contribution in [2.75, 3.05) is 13.3 Å². The zero-order valence-electron chi connectivity index (χ0n) is 45.0. The first-order valence-corrected chi connectivity index (χ1v) is 133. The van der Waals surface area contributed by atoms with Crippen LogP contribution in [0.1, 0.15) is 114 Å². The Morgan fingerprint density at radius 2 is 0.443 bits per heavy atom. The molecule has 8 nitrogen and oxygen atoms in total. The molecule has 0 aliphatic carbocycles. The van der Waals surface area contributed by atoms with E-state index in [0.29, 0.717) is 38.0 Å². The van der Waals surface area contributed by atoms with Crippen LogP contribution in [0.2, 0.25) is 0 Å². The van der Waals surface area contributed by atoms with Crippen LogP contribution in [0.15, 0.2) is 0 Å². The average molecular weight is 2720 g/mol. The van der Waals surface area contributed by atoms with E-state index in [9.17, 15) is 8.78 Å². The number of hydrogen-bond donors (Lipinski definition) is 0. The minimum absolute atomic E-state index is 0.189. The Kier molecular flexibility index (Phi) is 105. The van der Waals surface area contributed by atoms with E-state index in [1.165, 1.54) is 12.1 Å². The van der Waals surface area contributed by atoms with Crippen LogP contribution < -0.4 is 0 Å². The second-order valence-corrected chi connectivity index (χ2v) is 281. The van der Waals surface area contributed by atoms with Gasteiger partial charge in [-0.25, -0.2) is 8.78 Å². The summed E-state index contributed by atoms with van der Waals surface area (Å²) in [6.45, 7) is 18.0. The summed E-state index contributed by atoms with van der Waals surface area (Å²) in [6, 6.07) is 14.7. The van der Waals surface area contributed by atoms with Gasteiger partial charge in [0.2, 0.25) is 0 Å². The van der Waals surface area contributed by atoms with Crippen molar-refractivity contribution >= 4 is 368 Å². The average Bonchev–Trinajstić information content (AvgIpc) is 3.13. The van der Waals surface area contributed by atoms with E-state index in [2.05, 4.69) is 45.9 Å². The van der Waals surface area contributed by atoms with Crippen LogP contribution in [0.25, 0.3) is 0 Å². The Balaban J connectivity index is -0.0000000450. The molecule has 0 saturated carbocycles. The van der Waals surface area contributed by atoms with Crippen LogP contribution in [0.5, 0.6) is 0 Å². The molecule has 58 heteroatoms. The molecule has 0 radical (unpaired) electrons. The molecule has 0 saturated heterocycles. The van der Waals surface area contributed by atoms with Gasteiger partial charge in [0, 0.05) is 38.0 Å². The van der Waals surface area contributed by atoms with Gasteiger partial charge in [-0.1, -0.05) is 68.7 Å². The standard InChI is InChI=1S/2C6H11N.C5H9N.3C3H5N.2C2H2FN.40ClH.8Nb/c1-6(2,3)4-5-7;1-3-4-6(2)5-7;1-5(2)3-4-6;3*1-2-3-4;2*3-1-2-4;;;;;;;;;;;;;;;;;;;;;;;;;;;;;;;;;;;;;;;;;;;;;;;;/h4H2,1-3H3;6H,3-4H2,1-2H3;5H,3H2,1-2H3;3*2H2,1H3;2*1H2;40*1H;;;;;;;;/q;;;;;;;;;;;;;;;;;;;;;;;;;;;;;;;;;;;;;;;;;;;;;;;;8*+5/p-40. The van der Waals surface area contributed by atoms with Crippen molar-refractivity contribution in [1.29, 1.82) is 42.1 Å². The van der Waals surface area contributed by atoms with E-state index in [4.69, 9.17) is 410 Å². The molecular formula is C30H50Cl40F2N8Nb8. The SMILES string of the molecule is CC(C)(C)CC#N.CC(C)CC#N.CCC#N.CCC#N.CCC#N.CCCC(C)C#N.N#CCF.N#CCF.[Cl][Nb]([Cl])([Cl])([Cl])[Cl].[Cl][Nb]([Cl])([Cl])([Cl])[Cl].[Cl][Nb]([Cl])([Cl])([Cl])[Cl].[Cl][Nb]([Cl])([Cl])([Cl])[Cl].[Cl][Nb]([Cl])([Cl])([Cl])[Cl].[Cl][Nb]([Cl])([Cl])([Cl])[Cl].[Cl][Nb]([Cl])([Cl])([Cl])[Cl].[Cl][Nb]([Cl])([Cl])([Cl])[Cl]. The Labute approximate surface area is 679 Å². The van der Waals surface area contributed by atoms with Crippen molar-refractivity contribution in [3.8, 4) is 48.6 Å². The Hall–Kier alpha value is 13.3. The Morgan fingerprint density at radius 3 is 0.455 bits per heavy atom. The van der Waals surface area contributed by atoms with Gasteiger partial charge in [0.25, 0.3) is 0 Å². The zero-order chi connectivity index (χ0) is 77.3. The van der Waals surface area contributed by atoms with E-state index in [-0.39, 0.29) is 11.3 Å². The monoisotopic (exact) mass is 2700 g/mol. The van der Waals surface area contributed by atoms with Crippen LogP contribution in [-0.4, -0.2) is 13.3 Å². The first kappa shape index (κ1) is 140. The molecule has 0 aromatic carbocycles. The Bertz CT molecular complexity index is 1640. The fraction of sp³-hybridized carbons (Fsp3) is 0.733. The quantitative estimate of drug-likeness (QED) is 0.249. The van der Waals surface area contributed by atoms with Crippen molar-refractivity contribution < 1.29 is 92.1 Å². The van der Waals surface area contributed by atoms with Gasteiger partial charge >= 0.3 is 451 Å². The number of nitriles is 8. The van der Waals surface area contributed by atoms with Crippen LogP contribution in [0, 0.1) is 108 Å². The van der Waals surface area contributed by atoms with Gasteiger partial charge in [-0.05, 0) is 24.7 Å². The van der Waals surface area contributed by atoms with Gasteiger partial charge in [0.05, 0.1) is 48.6 Å². The molecule has 0 aromatic rings. The molecule has 1 atom stereocenters. The molecule has 0 aromatic heterocycles. The van der Waals surface area contributed by atoms with Crippen molar-refractivity contribution in [2.45, 2.75) is 114 Å². The van der Waals surface area contributed by atoms with Crippen molar-refractivity contribution in [3.05, 3.63) is 0 Å². The molecule has 0 fully saturated rings. The van der Waals surface area contributed by atoms with Crippen LogP contribution in [0.4, 0.5) is 8.78 Å². The first-order valence-electron chi connectivity index (χ1n) is 19.6. The van der Waals surface area contributed by atoms with E-state index in [1.54, 1.807) is 0 Å². The molecule has 0 spiro atoms. The molecule has 0 rings (SSSR count). The summed E-state index contributed by atoms with van der Waals surface area (Å²) in [4.78, 5) is 0. The van der Waals surface area contributed by atoms with E-state index < -0.39 is 96.6 Å². The molecule has 88 heavy (non-hydrogen) atoms. The third-order valence-corrected chi connectivity index (χ3v) is 2.64. The molecular weight excluding hydrogens is 2670 g/mol. The molecule has 0 aliphatic heterocycles. The molecule has 0 amide bonds. The topological polar surface area (TPSA) is 190 Å². The summed E-state index contributed by atoms with van der Waals surface area (Å²) in [5.41, 5.74) is 0.189. The predicted octanol–water partition coefficient (Wildman–Crippen LogP) is 36.7. The van der Waals surface area contributed by atoms with Gasteiger partial charge in [0.15, 0.2) is 13.3 Å². The van der Waals surface area contributed by atoms with Crippen molar-refractivity contribution in [2.24, 2.45) is 17.3 Å². The maximum absolute atomic E-state index is 10.4. The van der Waals surface area contributed by atoms with Crippen LogP contribution in [0.3, 0.4) is 0 Å². The maximum atomic E-state index is 10.4. The van der Waals surface area contributed by atoms with Gasteiger partial charge < -0.3 is 0 Å². The summed E-state index contributed by atoms with van der Waals surface area (Å²) >= 11 is 0. The molecule has 0 N–H and O–H groups in total. The zero-order valence-corrected chi connectivity index (χ0v) is 92.9. The van der Waals surface area contributed by atoms with Crippen molar-refractivity contribution in [1.82, 2.24) is 0 Å². The first-order chi connectivity index (χ1) is 36.6. The summed E-state index contributed by atoms with van der Waals surface area (Å²) in [5.74, 6) is 0.792. The van der Waals surface area contributed by atoms with Crippen molar-refractivity contribution in [3.63, 3.8) is 0 Å². The van der Waals surface area contributed by atoms with E-state index in [1.807, 2.05) is 59.8 Å². The third-order valence-electron chi connectivity index (χ3n) is 2.64. The fourth-order valence-electron chi connectivity index (χ4n) is 0.917. The minimum atomic E-state index is -4.33. The van der Waals surface area contributed by atoms with Crippen LogP contribution >= 0.6 is 368 Å². The normalized spacial score (nSPS) is 14.0. The second-order valence-electron chi connectivity index (χ2n) is 13.7. The summed E-state index contributed by atoms with van der Waals surface area (Å²) in [5, 5.41) is 61.7. The molecule has 0 aliphatic rings. The Morgan fingerprint density at radius 1 is 0.307 bits per heavy atom.